The minimum atomic E-state index is -0.420. The number of piperidine rings is 1. The molecule has 7 heteroatoms. The molecule has 3 aromatic rings. The summed E-state index contributed by atoms with van der Waals surface area (Å²) in [5.74, 6) is 0.427. The van der Waals surface area contributed by atoms with Crippen LogP contribution in [-0.4, -0.2) is 55.6 Å². The molecule has 0 spiro atoms. The Morgan fingerprint density at radius 3 is 2.31 bits per heavy atom. The molecule has 4 N–H and O–H groups in total. The molecule has 1 amide bonds. The Balaban J connectivity index is 1.14. The molecule has 7 nitrogen and oxygen atoms in total. The molecule has 1 saturated heterocycles. The molecule has 1 atom stereocenters. The number of nitrogens with one attached hydrogen (secondary N) is 2. The third-order valence-corrected chi connectivity index (χ3v) is 7.28. The van der Waals surface area contributed by atoms with E-state index < -0.39 is 6.09 Å². The van der Waals surface area contributed by atoms with Crippen molar-refractivity contribution in [1.82, 2.24) is 10.2 Å². The highest BCUT2D eigenvalue weighted by molar-refractivity contribution is 5.97. The van der Waals surface area contributed by atoms with E-state index in [1.165, 1.54) is 0 Å². The van der Waals surface area contributed by atoms with Crippen LogP contribution < -0.4 is 16.4 Å². The first kappa shape index (κ1) is 28.5. The van der Waals surface area contributed by atoms with Gasteiger partial charge in [0.1, 0.15) is 6.10 Å². The number of hydrogen-bond acceptors (Lipinski definition) is 6. The fourth-order valence-electron chi connectivity index (χ4n) is 4.82. The van der Waals surface area contributed by atoms with Gasteiger partial charge < -0.3 is 20.7 Å². The molecule has 1 unspecified atom stereocenters. The van der Waals surface area contributed by atoms with Crippen molar-refractivity contribution in [1.29, 1.82) is 0 Å². The lowest BCUT2D eigenvalue weighted by atomic mass is 9.96. The van der Waals surface area contributed by atoms with E-state index in [0.717, 1.165) is 61.4 Å². The van der Waals surface area contributed by atoms with Gasteiger partial charge in [-0.05, 0) is 36.0 Å². The van der Waals surface area contributed by atoms with E-state index in [0.29, 0.717) is 18.0 Å². The van der Waals surface area contributed by atoms with E-state index in [1.54, 1.807) is 0 Å². The zero-order valence-electron chi connectivity index (χ0n) is 22.9. The molecule has 0 radical (unpaired) electrons. The third-order valence-electron chi connectivity index (χ3n) is 7.28. The lowest BCUT2D eigenvalue weighted by Gasteiger charge is -2.31. The minimum Gasteiger partial charge on any atom is -0.446 e. The number of para-hydroxylation sites is 1. The van der Waals surface area contributed by atoms with Crippen LogP contribution in [0.25, 0.3) is 11.1 Å². The van der Waals surface area contributed by atoms with Crippen molar-refractivity contribution in [2.75, 3.05) is 38.0 Å². The molecule has 0 saturated carbocycles. The van der Waals surface area contributed by atoms with Crippen molar-refractivity contribution in [2.45, 2.75) is 38.8 Å². The molecule has 1 aliphatic rings. The average molecular weight is 529 g/mol. The van der Waals surface area contributed by atoms with Gasteiger partial charge in [0.25, 0.3) is 0 Å². The first-order valence-electron chi connectivity index (χ1n) is 13.8. The third kappa shape index (κ3) is 8.23. The number of likely N-dealkylation sites (tertiary alicyclic amines) is 1. The normalized spacial score (nSPS) is 15.2. The van der Waals surface area contributed by atoms with Gasteiger partial charge in [-0.3, -0.25) is 10.1 Å². The number of ether oxygens (including phenoxy) is 1. The van der Waals surface area contributed by atoms with Gasteiger partial charge in [-0.2, -0.15) is 0 Å². The van der Waals surface area contributed by atoms with Gasteiger partial charge in [0.15, 0.2) is 5.78 Å². The number of ketones is 1. The Labute approximate surface area is 231 Å². The number of nitrogens with two attached hydrogens (primary N) is 1. The van der Waals surface area contributed by atoms with Gasteiger partial charge in [-0.25, -0.2) is 4.79 Å². The van der Waals surface area contributed by atoms with Gasteiger partial charge in [0.05, 0.1) is 12.2 Å². The maximum atomic E-state index is 12.6. The molecule has 1 aliphatic heterocycles. The van der Waals surface area contributed by atoms with E-state index in [4.69, 9.17) is 10.5 Å². The van der Waals surface area contributed by atoms with Gasteiger partial charge in [-0.1, -0.05) is 86.6 Å². The molecular formula is C32H40N4O3. The lowest BCUT2D eigenvalue weighted by molar-refractivity contribution is 0.0593. The van der Waals surface area contributed by atoms with Crippen LogP contribution in [0.2, 0.25) is 0 Å². The summed E-state index contributed by atoms with van der Waals surface area (Å²) in [6.45, 7) is 7.77. The molecular weight excluding hydrogens is 488 g/mol. The summed E-state index contributed by atoms with van der Waals surface area (Å²) >= 11 is 0. The number of benzene rings is 3. The summed E-state index contributed by atoms with van der Waals surface area (Å²) in [7, 11) is 0. The standard InChI is InChI=1S/C32H40N4O3/c1-23(2)31(33)26-14-12-25(13-15-26)30(37)22-34-18-21-36-19-16-27(17-20-36)39-32(38)35-29-11-7-6-10-28(29)24-8-4-3-5-9-24/h3-15,23,27,31,34H,16-22,33H2,1-2H3,(H,35,38). The van der Waals surface area contributed by atoms with Crippen LogP contribution in [-0.2, 0) is 4.74 Å². The SMILES string of the molecule is CC(C)C(N)c1ccc(C(=O)CNCCN2CCC(OC(=O)Nc3ccccc3-c3ccccc3)CC2)cc1. The molecule has 1 heterocycles. The van der Waals surface area contributed by atoms with E-state index in [9.17, 15) is 9.59 Å². The van der Waals surface area contributed by atoms with E-state index in [2.05, 4.69) is 29.4 Å². The summed E-state index contributed by atoms with van der Waals surface area (Å²) in [6.07, 6.45) is 1.05. The van der Waals surface area contributed by atoms with Gasteiger partial charge in [0, 0.05) is 43.3 Å². The van der Waals surface area contributed by atoms with Crippen molar-refractivity contribution < 1.29 is 14.3 Å². The predicted molar refractivity (Wildman–Crippen MR) is 157 cm³/mol. The number of amides is 1. The van der Waals surface area contributed by atoms with Gasteiger partial charge >= 0.3 is 6.09 Å². The number of Topliss-reactive ketones (excluding diaryl/α,β-unsaturated/α-hetero) is 1. The van der Waals surface area contributed by atoms with Crippen LogP contribution in [0.15, 0.2) is 78.9 Å². The molecule has 0 aliphatic carbocycles. The summed E-state index contributed by atoms with van der Waals surface area (Å²) in [5, 5.41) is 6.19. The van der Waals surface area contributed by atoms with Crippen molar-refractivity contribution >= 4 is 17.6 Å². The molecule has 1 fully saturated rings. The fraction of sp³-hybridized carbons (Fsp3) is 0.375. The van der Waals surface area contributed by atoms with Crippen molar-refractivity contribution in [3.8, 4) is 11.1 Å². The fourth-order valence-corrected chi connectivity index (χ4v) is 4.82. The number of nitrogens with zero attached hydrogens (tertiary/aromatic N) is 1. The summed E-state index contributed by atoms with van der Waals surface area (Å²) < 4.78 is 5.73. The number of hydrogen-bond donors (Lipinski definition) is 3. The number of carbonyl (C=O) groups is 2. The van der Waals surface area contributed by atoms with Crippen LogP contribution in [0.5, 0.6) is 0 Å². The smallest absolute Gasteiger partial charge is 0.411 e. The van der Waals surface area contributed by atoms with Crippen molar-refractivity contribution in [3.05, 3.63) is 90.0 Å². The zero-order chi connectivity index (χ0) is 27.6. The average Bonchev–Trinajstić information content (AvgIpc) is 2.96. The van der Waals surface area contributed by atoms with E-state index in [-0.39, 0.29) is 17.9 Å². The molecule has 4 rings (SSSR count). The molecule has 39 heavy (non-hydrogen) atoms. The van der Waals surface area contributed by atoms with Crippen molar-refractivity contribution in [2.24, 2.45) is 11.7 Å². The Morgan fingerprint density at radius 1 is 0.949 bits per heavy atom. The lowest BCUT2D eigenvalue weighted by Crippen LogP contribution is -2.42. The Bertz CT molecular complexity index is 1210. The second-order valence-electron chi connectivity index (χ2n) is 10.5. The molecule has 3 aromatic carbocycles. The number of anilines is 1. The number of rotatable bonds is 11. The number of carbonyl (C=O) groups excluding carboxylic acids is 2. The van der Waals surface area contributed by atoms with Crippen LogP contribution in [0.3, 0.4) is 0 Å². The summed E-state index contributed by atoms with van der Waals surface area (Å²) in [5.41, 5.74) is 10.7. The first-order valence-corrected chi connectivity index (χ1v) is 13.8. The maximum Gasteiger partial charge on any atom is 0.411 e. The topological polar surface area (TPSA) is 96.7 Å². The van der Waals surface area contributed by atoms with Crippen LogP contribution in [0, 0.1) is 5.92 Å². The largest absolute Gasteiger partial charge is 0.446 e. The zero-order valence-corrected chi connectivity index (χ0v) is 22.9. The van der Waals surface area contributed by atoms with Gasteiger partial charge in [-0.15, -0.1) is 0 Å². The van der Waals surface area contributed by atoms with Crippen molar-refractivity contribution in [3.63, 3.8) is 0 Å². The quantitative estimate of drug-likeness (QED) is 0.225. The second kappa shape index (κ2) is 14.0. The van der Waals surface area contributed by atoms with E-state index in [1.807, 2.05) is 78.9 Å². The van der Waals surface area contributed by atoms with Crippen LogP contribution >= 0.6 is 0 Å². The monoisotopic (exact) mass is 528 g/mol. The molecule has 206 valence electrons. The maximum absolute atomic E-state index is 12.6. The van der Waals surface area contributed by atoms with Gasteiger partial charge in [0.2, 0.25) is 0 Å². The molecule has 0 bridgehead atoms. The Kier molecular flexibility index (Phi) is 10.3. The Hall–Kier alpha value is -3.52. The first-order chi connectivity index (χ1) is 18.9. The minimum absolute atomic E-state index is 0.0208. The highest BCUT2D eigenvalue weighted by Crippen LogP contribution is 2.28. The predicted octanol–water partition coefficient (Wildman–Crippen LogP) is 5.49. The van der Waals surface area contributed by atoms with Crippen LogP contribution in [0.1, 0.15) is 48.7 Å². The second-order valence-corrected chi connectivity index (χ2v) is 10.5. The molecule has 0 aromatic heterocycles. The highest BCUT2D eigenvalue weighted by Gasteiger charge is 2.22. The summed E-state index contributed by atoms with van der Waals surface area (Å²) in [6, 6.07) is 25.3. The summed E-state index contributed by atoms with van der Waals surface area (Å²) in [4.78, 5) is 27.5. The van der Waals surface area contributed by atoms with Crippen LogP contribution in [0.4, 0.5) is 10.5 Å². The van der Waals surface area contributed by atoms with E-state index >= 15 is 0 Å². The Morgan fingerprint density at radius 2 is 1.62 bits per heavy atom. The highest BCUT2D eigenvalue weighted by atomic mass is 16.6.